The maximum Gasteiger partial charge on any atom is 0.260 e. The van der Waals surface area contributed by atoms with Gasteiger partial charge in [0.1, 0.15) is 11.5 Å². The molecule has 2 aromatic carbocycles. The standard InChI is InChI=1S/C25H35NO3/c1-6-16-28-23-12-8-7-10-21(23)11-9-15-26-25(27)20(5)29-24-17-19(4)13-14-22(24)18(2)3/h7-8,10,12-14,17-18,20H,6,9,11,15-16H2,1-5H3,(H,26,27)/t20-/m0/s1. The summed E-state index contributed by atoms with van der Waals surface area (Å²) in [5, 5.41) is 2.99. The van der Waals surface area contributed by atoms with Gasteiger partial charge in [0.05, 0.1) is 6.61 Å². The van der Waals surface area contributed by atoms with Gasteiger partial charge >= 0.3 is 0 Å². The molecule has 0 aliphatic carbocycles. The van der Waals surface area contributed by atoms with E-state index in [1.54, 1.807) is 6.92 Å². The molecule has 0 unspecified atom stereocenters. The molecular weight excluding hydrogens is 362 g/mol. The number of hydrogen-bond donors (Lipinski definition) is 1. The average Bonchev–Trinajstić information content (AvgIpc) is 2.70. The fraction of sp³-hybridized carbons (Fsp3) is 0.480. The van der Waals surface area contributed by atoms with E-state index >= 15 is 0 Å². The molecule has 0 saturated carbocycles. The molecule has 29 heavy (non-hydrogen) atoms. The summed E-state index contributed by atoms with van der Waals surface area (Å²) in [6.45, 7) is 11.5. The monoisotopic (exact) mass is 397 g/mol. The highest BCUT2D eigenvalue weighted by atomic mass is 16.5. The Hall–Kier alpha value is -2.49. The molecule has 0 aliphatic rings. The SMILES string of the molecule is CCCOc1ccccc1CCCNC(=O)[C@H](C)Oc1cc(C)ccc1C(C)C. The zero-order chi connectivity index (χ0) is 21.2. The van der Waals surface area contributed by atoms with Gasteiger partial charge in [-0.3, -0.25) is 4.79 Å². The number of nitrogens with one attached hydrogen (secondary N) is 1. The lowest BCUT2D eigenvalue weighted by Crippen LogP contribution is -2.37. The molecule has 0 aromatic heterocycles. The molecule has 0 heterocycles. The second kappa shape index (κ2) is 11.5. The van der Waals surface area contributed by atoms with Crippen molar-refractivity contribution in [1.82, 2.24) is 5.32 Å². The maximum absolute atomic E-state index is 12.5. The summed E-state index contributed by atoms with van der Waals surface area (Å²) in [6.07, 6.45) is 2.17. The lowest BCUT2D eigenvalue weighted by Gasteiger charge is -2.19. The summed E-state index contributed by atoms with van der Waals surface area (Å²) in [4.78, 5) is 12.5. The van der Waals surface area contributed by atoms with Gasteiger partial charge in [0, 0.05) is 6.54 Å². The third-order valence-corrected chi connectivity index (χ3v) is 4.82. The van der Waals surface area contributed by atoms with E-state index in [-0.39, 0.29) is 5.91 Å². The smallest absolute Gasteiger partial charge is 0.260 e. The van der Waals surface area contributed by atoms with E-state index < -0.39 is 6.10 Å². The van der Waals surface area contributed by atoms with Crippen LogP contribution in [0.25, 0.3) is 0 Å². The summed E-state index contributed by atoms with van der Waals surface area (Å²) in [6, 6.07) is 14.3. The molecule has 0 aliphatic heterocycles. The van der Waals surface area contributed by atoms with Crippen molar-refractivity contribution in [3.63, 3.8) is 0 Å². The normalized spacial score (nSPS) is 11.9. The van der Waals surface area contributed by atoms with E-state index in [1.807, 2.05) is 31.2 Å². The van der Waals surface area contributed by atoms with Gasteiger partial charge in [-0.1, -0.05) is 51.1 Å². The fourth-order valence-electron chi connectivity index (χ4n) is 3.16. The van der Waals surface area contributed by atoms with E-state index in [1.165, 1.54) is 5.56 Å². The molecule has 0 radical (unpaired) electrons. The minimum Gasteiger partial charge on any atom is -0.493 e. The Morgan fingerprint density at radius 3 is 2.55 bits per heavy atom. The van der Waals surface area contributed by atoms with Crippen LogP contribution < -0.4 is 14.8 Å². The largest absolute Gasteiger partial charge is 0.493 e. The van der Waals surface area contributed by atoms with Gasteiger partial charge in [-0.15, -0.1) is 0 Å². The van der Waals surface area contributed by atoms with Crippen LogP contribution in [-0.4, -0.2) is 25.2 Å². The van der Waals surface area contributed by atoms with Gasteiger partial charge in [0.25, 0.3) is 5.91 Å². The Kier molecular flexibility index (Phi) is 9.04. The number of aryl methyl sites for hydroxylation is 2. The van der Waals surface area contributed by atoms with E-state index in [4.69, 9.17) is 9.47 Å². The van der Waals surface area contributed by atoms with Crippen LogP contribution in [0.1, 0.15) is 63.1 Å². The zero-order valence-corrected chi connectivity index (χ0v) is 18.5. The van der Waals surface area contributed by atoms with E-state index in [2.05, 4.69) is 44.3 Å². The highest BCUT2D eigenvalue weighted by Gasteiger charge is 2.17. The number of hydrogen-bond acceptors (Lipinski definition) is 3. The number of para-hydroxylation sites is 1. The first-order chi connectivity index (χ1) is 13.9. The van der Waals surface area contributed by atoms with Crippen molar-refractivity contribution in [2.75, 3.05) is 13.2 Å². The number of carbonyl (C=O) groups is 1. The number of ether oxygens (including phenoxy) is 2. The summed E-state index contributed by atoms with van der Waals surface area (Å²) in [7, 11) is 0. The van der Waals surface area contributed by atoms with E-state index in [0.29, 0.717) is 12.5 Å². The zero-order valence-electron chi connectivity index (χ0n) is 18.5. The van der Waals surface area contributed by atoms with Crippen molar-refractivity contribution in [3.8, 4) is 11.5 Å². The van der Waals surface area contributed by atoms with Gasteiger partial charge in [0.2, 0.25) is 0 Å². The summed E-state index contributed by atoms with van der Waals surface area (Å²) in [5.74, 6) is 2.00. The molecule has 4 heteroatoms. The third kappa shape index (κ3) is 7.12. The summed E-state index contributed by atoms with van der Waals surface area (Å²) < 4.78 is 11.8. The first-order valence-corrected chi connectivity index (χ1v) is 10.7. The van der Waals surface area contributed by atoms with Crippen molar-refractivity contribution in [2.45, 2.75) is 65.9 Å². The molecule has 2 rings (SSSR count). The second-order valence-electron chi connectivity index (χ2n) is 7.81. The molecule has 1 N–H and O–H groups in total. The van der Waals surface area contributed by atoms with Crippen molar-refractivity contribution < 1.29 is 14.3 Å². The topological polar surface area (TPSA) is 47.6 Å². The average molecular weight is 398 g/mol. The molecule has 0 fully saturated rings. The number of benzene rings is 2. The highest BCUT2D eigenvalue weighted by Crippen LogP contribution is 2.28. The minimum absolute atomic E-state index is 0.0864. The lowest BCUT2D eigenvalue weighted by atomic mass is 10.0. The Balaban J connectivity index is 1.84. The lowest BCUT2D eigenvalue weighted by molar-refractivity contribution is -0.127. The van der Waals surface area contributed by atoms with Crippen molar-refractivity contribution in [1.29, 1.82) is 0 Å². The van der Waals surface area contributed by atoms with Gasteiger partial charge < -0.3 is 14.8 Å². The minimum atomic E-state index is -0.533. The van der Waals surface area contributed by atoms with Crippen LogP contribution in [0, 0.1) is 6.92 Å². The molecule has 1 amide bonds. The van der Waals surface area contributed by atoms with Crippen molar-refractivity contribution in [2.24, 2.45) is 0 Å². The molecule has 0 spiro atoms. The Morgan fingerprint density at radius 1 is 1.07 bits per heavy atom. The first kappa shape index (κ1) is 22.8. The van der Waals surface area contributed by atoms with Crippen LogP contribution in [0.3, 0.4) is 0 Å². The van der Waals surface area contributed by atoms with E-state index in [0.717, 1.165) is 48.5 Å². The second-order valence-corrected chi connectivity index (χ2v) is 7.81. The van der Waals surface area contributed by atoms with Crippen molar-refractivity contribution in [3.05, 3.63) is 59.2 Å². The molecular formula is C25H35NO3. The fourth-order valence-corrected chi connectivity index (χ4v) is 3.16. The number of amides is 1. The van der Waals surface area contributed by atoms with Crippen LogP contribution in [-0.2, 0) is 11.2 Å². The predicted molar refractivity (Wildman–Crippen MR) is 119 cm³/mol. The van der Waals surface area contributed by atoms with Crippen LogP contribution in [0.15, 0.2) is 42.5 Å². The Morgan fingerprint density at radius 2 is 1.83 bits per heavy atom. The van der Waals surface area contributed by atoms with Crippen molar-refractivity contribution >= 4 is 5.91 Å². The highest BCUT2D eigenvalue weighted by molar-refractivity contribution is 5.80. The molecule has 0 saturated heterocycles. The molecule has 0 bridgehead atoms. The first-order valence-electron chi connectivity index (χ1n) is 10.7. The van der Waals surface area contributed by atoms with Crippen LogP contribution in [0.4, 0.5) is 0 Å². The summed E-state index contributed by atoms with van der Waals surface area (Å²) >= 11 is 0. The molecule has 158 valence electrons. The van der Waals surface area contributed by atoms with Crippen LogP contribution >= 0.6 is 0 Å². The Bertz CT molecular complexity index is 785. The van der Waals surface area contributed by atoms with Crippen LogP contribution in [0.2, 0.25) is 0 Å². The van der Waals surface area contributed by atoms with E-state index in [9.17, 15) is 4.79 Å². The molecule has 4 nitrogen and oxygen atoms in total. The maximum atomic E-state index is 12.5. The number of carbonyl (C=O) groups excluding carboxylic acids is 1. The molecule has 1 atom stereocenters. The predicted octanol–water partition coefficient (Wildman–Crippen LogP) is 5.42. The van der Waals surface area contributed by atoms with Gasteiger partial charge in [-0.2, -0.15) is 0 Å². The Labute approximate surface area is 175 Å². The van der Waals surface area contributed by atoms with Crippen LogP contribution in [0.5, 0.6) is 11.5 Å². The van der Waals surface area contributed by atoms with Gasteiger partial charge in [0.15, 0.2) is 6.10 Å². The quantitative estimate of drug-likeness (QED) is 0.515. The summed E-state index contributed by atoms with van der Waals surface area (Å²) in [5.41, 5.74) is 3.43. The van der Waals surface area contributed by atoms with Gasteiger partial charge in [-0.25, -0.2) is 0 Å². The third-order valence-electron chi connectivity index (χ3n) is 4.82. The molecule has 2 aromatic rings. The van der Waals surface area contributed by atoms with Gasteiger partial charge in [-0.05, 0) is 67.9 Å². The number of rotatable bonds is 11.